The maximum atomic E-state index is 12.7. The Kier molecular flexibility index (Phi) is 6.42. The number of amides is 1. The van der Waals surface area contributed by atoms with Gasteiger partial charge in [0.2, 0.25) is 5.91 Å². The van der Waals surface area contributed by atoms with E-state index in [-0.39, 0.29) is 11.9 Å². The van der Waals surface area contributed by atoms with Crippen LogP contribution in [0.3, 0.4) is 0 Å². The van der Waals surface area contributed by atoms with Gasteiger partial charge in [0, 0.05) is 32.7 Å². The third-order valence-corrected chi connectivity index (χ3v) is 4.72. The molecule has 0 aromatic heterocycles. The minimum absolute atomic E-state index is 0.116. The summed E-state index contributed by atoms with van der Waals surface area (Å²) < 4.78 is 5.26. The molecule has 1 atom stereocenters. The molecule has 1 aromatic rings. The second-order valence-electron chi connectivity index (χ2n) is 6.20. The lowest BCUT2D eigenvalue weighted by Crippen LogP contribution is -2.53. The average Bonchev–Trinajstić information content (AvgIpc) is 2.60. The molecule has 0 aliphatic carbocycles. The van der Waals surface area contributed by atoms with Gasteiger partial charge in [0.15, 0.2) is 0 Å². The van der Waals surface area contributed by atoms with Gasteiger partial charge in [-0.15, -0.1) is 0 Å². The Bertz CT molecular complexity index is 513. The number of rotatable bonds is 6. The first-order valence-corrected chi connectivity index (χ1v) is 8.39. The lowest BCUT2D eigenvalue weighted by molar-refractivity contribution is -0.137. The zero-order chi connectivity index (χ0) is 16.8. The number of hydrogen-bond acceptors (Lipinski definition) is 4. The predicted molar refractivity (Wildman–Crippen MR) is 92.6 cm³/mol. The van der Waals surface area contributed by atoms with E-state index in [9.17, 15) is 4.79 Å². The van der Waals surface area contributed by atoms with Gasteiger partial charge in [0.05, 0.1) is 13.2 Å². The minimum Gasteiger partial charge on any atom is -0.497 e. The van der Waals surface area contributed by atoms with Gasteiger partial charge in [-0.1, -0.05) is 19.1 Å². The zero-order valence-electron chi connectivity index (χ0n) is 14.8. The molecule has 0 spiro atoms. The van der Waals surface area contributed by atoms with Crippen LogP contribution in [0, 0.1) is 0 Å². The molecular weight excluding hydrogens is 290 g/mol. The standard InChI is InChI=1S/C18H29N3O2/c1-5-20-9-11-21(12-10-20)18(22)15(2)19(3)14-16-7-6-8-17(13-16)23-4/h6-8,13,15H,5,9-12,14H2,1-4H3. The Morgan fingerprint density at radius 3 is 2.61 bits per heavy atom. The number of benzene rings is 1. The molecule has 0 bridgehead atoms. The minimum atomic E-state index is -0.116. The number of carbonyl (C=O) groups excluding carboxylic acids is 1. The van der Waals surface area contributed by atoms with Crippen LogP contribution in [0.25, 0.3) is 0 Å². The highest BCUT2D eigenvalue weighted by Crippen LogP contribution is 2.15. The summed E-state index contributed by atoms with van der Waals surface area (Å²) in [5, 5.41) is 0. The number of piperazine rings is 1. The highest BCUT2D eigenvalue weighted by Gasteiger charge is 2.26. The lowest BCUT2D eigenvalue weighted by atomic mass is 10.1. The third-order valence-electron chi connectivity index (χ3n) is 4.72. The third kappa shape index (κ3) is 4.69. The van der Waals surface area contributed by atoms with E-state index < -0.39 is 0 Å². The summed E-state index contributed by atoms with van der Waals surface area (Å²) in [6.07, 6.45) is 0. The van der Waals surface area contributed by atoms with E-state index in [0.717, 1.165) is 50.6 Å². The maximum absolute atomic E-state index is 12.7. The molecule has 1 fully saturated rings. The summed E-state index contributed by atoms with van der Waals surface area (Å²) in [4.78, 5) is 19.2. The Balaban J connectivity index is 1.90. The zero-order valence-corrected chi connectivity index (χ0v) is 14.8. The molecule has 1 saturated heterocycles. The summed E-state index contributed by atoms with van der Waals surface area (Å²) >= 11 is 0. The summed E-state index contributed by atoms with van der Waals surface area (Å²) in [5.41, 5.74) is 1.15. The van der Waals surface area contributed by atoms with E-state index in [1.807, 2.05) is 37.1 Å². The van der Waals surface area contributed by atoms with Crippen LogP contribution in [-0.4, -0.2) is 73.5 Å². The highest BCUT2D eigenvalue weighted by atomic mass is 16.5. The first-order chi connectivity index (χ1) is 11.0. The van der Waals surface area contributed by atoms with Crippen molar-refractivity contribution < 1.29 is 9.53 Å². The molecule has 1 aromatic carbocycles. The van der Waals surface area contributed by atoms with Crippen molar-refractivity contribution in [3.63, 3.8) is 0 Å². The molecule has 1 aliphatic heterocycles. The summed E-state index contributed by atoms with van der Waals surface area (Å²) in [6.45, 7) is 9.60. The van der Waals surface area contributed by atoms with E-state index >= 15 is 0 Å². The summed E-state index contributed by atoms with van der Waals surface area (Å²) in [6, 6.07) is 7.89. The summed E-state index contributed by atoms with van der Waals surface area (Å²) in [5.74, 6) is 1.08. The van der Waals surface area contributed by atoms with E-state index in [4.69, 9.17) is 4.74 Å². The molecule has 5 nitrogen and oxygen atoms in total. The molecule has 0 radical (unpaired) electrons. The fourth-order valence-corrected chi connectivity index (χ4v) is 2.93. The summed E-state index contributed by atoms with van der Waals surface area (Å²) in [7, 11) is 3.68. The van der Waals surface area contributed by atoms with Crippen LogP contribution in [0.5, 0.6) is 5.75 Å². The van der Waals surface area contributed by atoms with Crippen LogP contribution in [0.1, 0.15) is 19.4 Å². The van der Waals surface area contributed by atoms with Gasteiger partial charge in [-0.2, -0.15) is 0 Å². The van der Waals surface area contributed by atoms with Crippen molar-refractivity contribution >= 4 is 5.91 Å². The van der Waals surface area contributed by atoms with Gasteiger partial charge < -0.3 is 14.5 Å². The van der Waals surface area contributed by atoms with Gasteiger partial charge in [0.25, 0.3) is 0 Å². The molecule has 23 heavy (non-hydrogen) atoms. The van der Waals surface area contributed by atoms with Gasteiger partial charge in [-0.25, -0.2) is 0 Å². The normalized spacial score (nSPS) is 17.3. The lowest BCUT2D eigenvalue weighted by Gasteiger charge is -2.37. The fraction of sp³-hybridized carbons (Fsp3) is 0.611. The van der Waals surface area contributed by atoms with Crippen molar-refractivity contribution in [2.24, 2.45) is 0 Å². The van der Waals surface area contributed by atoms with Crippen LogP contribution in [0.4, 0.5) is 0 Å². The van der Waals surface area contributed by atoms with Crippen LogP contribution >= 0.6 is 0 Å². The predicted octanol–water partition coefficient (Wildman–Crippen LogP) is 1.68. The average molecular weight is 319 g/mol. The van der Waals surface area contributed by atoms with Crippen molar-refractivity contribution in [1.82, 2.24) is 14.7 Å². The largest absolute Gasteiger partial charge is 0.497 e. The molecule has 2 rings (SSSR count). The van der Waals surface area contributed by atoms with Gasteiger partial charge in [0.1, 0.15) is 5.75 Å². The molecule has 0 N–H and O–H groups in total. The van der Waals surface area contributed by atoms with E-state index in [0.29, 0.717) is 0 Å². The van der Waals surface area contributed by atoms with E-state index in [2.05, 4.69) is 22.8 Å². The van der Waals surface area contributed by atoms with E-state index in [1.54, 1.807) is 7.11 Å². The van der Waals surface area contributed by atoms with Gasteiger partial charge in [-0.05, 0) is 38.2 Å². The fourth-order valence-electron chi connectivity index (χ4n) is 2.93. The van der Waals surface area contributed by atoms with Crippen molar-refractivity contribution in [1.29, 1.82) is 0 Å². The Morgan fingerprint density at radius 1 is 1.30 bits per heavy atom. The van der Waals surface area contributed by atoms with Crippen molar-refractivity contribution in [2.45, 2.75) is 26.4 Å². The van der Waals surface area contributed by atoms with Crippen LogP contribution < -0.4 is 4.74 Å². The molecule has 1 amide bonds. The van der Waals surface area contributed by atoms with Crippen molar-refractivity contribution in [3.05, 3.63) is 29.8 Å². The highest BCUT2D eigenvalue weighted by molar-refractivity contribution is 5.81. The second-order valence-corrected chi connectivity index (χ2v) is 6.20. The van der Waals surface area contributed by atoms with Crippen molar-refractivity contribution in [2.75, 3.05) is 46.9 Å². The SMILES string of the molecule is CCN1CCN(C(=O)C(C)N(C)Cc2cccc(OC)c2)CC1. The number of methoxy groups -OCH3 is 1. The van der Waals surface area contributed by atoms with E-state index in [1.165, 1.54) is 0 Å². The topological polar surface area (TPSA) is 36.0 Å². The van der Waals surface area contributed by atoms with Crippen LogP contribution in [0.2, 0.25) is 0 Å². The van der Waals surface area contributed by atoms with Gasteiger partial charge >= 0.3 is 0 Å². The monoisotopic (exact) mass is 319 g/mol. The van der Waals surface area contributed by atoms with Crippen molar-refractivity contribution in [3.8, 4) is 5.75 Å². The molecule has 1 unspecified atom stereocenters. The number of carbonyl (C=O) groups is 1. The number of nitrogens with zero attached hydrogens (tertiary/aromatic N) is 3. The second kappa shape index (κ2) is 8.31. The number of ether oxygens (including phenoxy) is 1. The molecule has 128 valence electrons. The molecular formula is C18H29N3O2. The Hall–Kier alpha value is -1.59. The quantitative estimate of drug-likeness (QED) is 0.799. The smallest absolute Gasteiger partial charge is 0.239 e. The molecule has 0 saturated carbocycles. The first-order valence-electron chi connectivity index (χ1n) is 8.39. The number of likely N-dealkylation sites (N-methyl/N-ethyl adjacent to an activating group) is 2. The molecule has 1 heterocycles. The molecule has 5 heteroatoms. The molecule has 1 aliphatic rings. The Morgan fingerprint density at radius 2 is 2.00 bits per heavy atom. The maximum Gasteiger partial charge on any atom is 0.239 e. The van der Waals surface area contributed by atoms with Crippen LogP contribution in [-0.2, 0) is 11.3 Å². The Labute approximate surface area is 139 Å². The van der Waals surface area contributed by atoms with Gasteiger partial charge in [-0.3, -0.25) is 9.69 Å². The van der Waals surface area contributed by atoms with Crippen LogP contribution in [0.15, 0.2) is 24.3 Å². The number of hydrogen-bond donors (Lipinski definition) is 0. The first kappa shape index (κ1) is 17.8.